The van der Waals surface area contributed by atoms with Gasteiger partial charge in [0.1, 0.15) is 28.2 Å². The molecule has 3 aromatic carbocycles. The lowest BCUT2D eigenvalue weighted by molar-refractivity contribution is -0.122. The van der Waals surface area contributed by atoms with E-state index in [-0.39, 0.29) is 11.7 Å². The largest absolute Gasteiger partial charge is 0.489 e. The Morgan fingerprint density at radius 2 is 1.82 bits per heavy atom. The summed E-state index contributed by atoms with van der Waals surface area (Å²) in [5.74, 6) is 0.614. The number of hydrogen-bond donors (Lipinski definition) is 0. The van der Waals surface area contributed by atoms with Gasteiger partial charge >= 0.3 is 0 Å². The van der Waals surface area contributed by atoms with Gasteiger partial charge in [0.25, 0.3) is 5.91 Å². The lowest BCUT2D eigenvalue weighted by atomic mass is 10.1. The molecule has 1 aliphatic rings. The van der Waals surface area contributed by atoms with Crippen LogP contribution in [0.3, 0.4) is 0 Å². The Bertz CT molecular complexity index is 1500. The fourth-order valence-electron chi connectivity index (χ4n) is 4.07. The molecule has 1 fully saturated rings. The van der Waals surface area contributed by atoms with Gasteiger partial charge in [-0.2, -0.15) is 5.10 Å². The molecule has 0 atom stereocenters. The lowest BCUT2D eigenvalue weighted by Gasteiger charge is -2.16. The minimum Gasteiger partial charge on any atom is -0.489 e. The molecule has 1 saturated heterocycles. The highest BCUT2D eigenvalue weighted by molar-refractivity contribution is 8.26. The normalized spacial score (nSPS) is 14.6. The minimum atomic E-state index is -0.279. The second-order valence-corrected chi connectivity index (χ2v) is 11.0. The summed E-state index contributed by atoms with van der Waals surface area (Å²) in [6.45, 7) is 5.03. The zero-order chi connectivity index (χ0) is 26.6. The molecule has 8 heteroatoms. The molecule has 1 aliphatic heterocycles. The zero-order valence-corrected chi connectivity index (χ0v) is 22.6. The van der Waals surface area contributed by atoms with E-state index in [9.17, 15) is 9.18 Å². The number of rotatable bonds is 8. The third-order valence-electron chi connectivity index (χ3n) is 5.90. The number of aromatic nitrogens is 2. The number of amides is 1. The number of hydrogen-bond acceptors (Lipinski definition) is 5. The number of thiocarbonyl (C=S) groups is 1. The van der Waals surface area contributed by atoms with Crippen molar-refractivity contribution in [2.45, 2.75) is 20.5 Å². The molecule has 0 radical (unpaired) electrons. The molecule has 2 heterocycles. The van der Waals surface area contributed by atoms with Crippen molar-refractivity contribution in [2.24, 2.45) is 5.92 Å². The first-order valence-corrected chi connectivity index (χ1v) is 13.5. The van der Waals surface area contributed by atoms with Gasteiger partial charge in [0, 0.05) is 23.9 Å². The van der Waals surface area contributed by atoms with Crippen LogP contribution in [0.5, 0.6) is 5.75 Å². The minimum absolute atomic E-state index is 0.0801. The van der Waals surface area contributed by atoms with Crippen LogP contribution in [0.15, 0.2) is 90.0 Å². The topological polar surface area (TPSA) is 47.4 Å². The van der Waals surface area contributed by atoms with Crippen LogP contribution in [0, 0.1) is 11.7 Å². The molecule has 0 saturated carbocycles. The molecular formula is C30H26FN3O2S2. The number of benzene rings is 3. The second kappa shape index (κ2) is 11.3. The van der Waals surface area contributed by atoms with Crippen molar-refractivity contribution in [3.63, 3.8) is 0 Å². The Morgan fingerprint density at radius 1 is 1.05 bits per heavy atom. The third-order valence-corrected chi connectivity index (χ3v) is 7.28. The molecule has 1 amide bonds. The summed E-state index contributed by atoms with van der Waals surface area (Å²) >= 11 is 6.82. The highest BCUT2D eigenvalue weighted by atomic mass is 32.2. The maximum Gasteiger partial charge on any atom is 0.266 e. The number of nitrogens with zero attached hydrogens (tertiary/aromatic N) is 3. The van der Waals surface area contributed by atoms with Crippen LogP contribution in [-0.2, 0) is 11.4 Å². The number of carbonyl (C=O) groups is 1. The summed E-state index contributed by atoms with van der Waals surface area (Å²) in [5, 5.41) is 4.88. The molecule has 0 unspecified atom stereocenters. The summed E-state index contributed by atoms with van der Waals surface area (Å²) in [4.78, 5) is 15.4. The quantitative estimate of drug-likeness (QED) is 0.175. The van der Waals surface area contributed by atoms with Crippen molar-refractivity contribution >= 4 is 40.3 Å². The Hall–Kier alpha value is -3.75. The van der Waals surface area contributed by atoms with Gasteiger partial charge in [-0.05, 0) is 54.0 Å². The number of thioether (sulfide) groups is 1. The maximum absolute atomic E-state index is 13.2. The van der Waals surface area contributed by atoms with Crippen molar-refractivity contribution in [1.29, 1.82) is 0 Å². The number of para-hydroxylation sites is 1. The van der Waals surface area contributed by atoms with Crippen molar-refractivity contribution < 1.29 is 13.9 Å². The van der Waals surface area contributed by atoms with Crippen molar-refractivity contribution in [1.82, 2.24) is 14.7 Å². The molecule has 0 aliphatic carbocycles. The van der Waals surface area contributed by atoms with E-state index in [0.29, 0.717) is 34.0 Å². The average molecular weight is 544 g/mol. The standard InChI is InChI=1S/C30H26FN3O2S2/c1-20(2)17-33-29(35)27(38-30(33)37)16-23-18-34(25-8-4-3-5-9-25)32-28(23)22-7-6-10-26(15-22)36-19-21-11-13-24(31)14-12-21/h3-16,18,20H,17,19H2,1-2H3/b27-16-. The average Bonchev–Trinajstić information content (AvgIpc) is 3.45. The summed E-state index contributed by atoms with van der Waals surface area (Å²) < 4.78 is 21.6. The van der Waals surface area contributed by atoms with Crippen molar-refractivity contribution in [3.8, 4) is 22.7 Å². The molecule has 0 bridgehead atoms. The van der Waals surface area contributed by atoms with Gasteiger partial charge in [-0.15, -0.1) is 0 Å². The van der Waals surface area contributed by atoms with Crippen molar-refractivity contribution in [3.05, 3.63) is 107 Å². The van der Waals surface area contributed by atoms with Gasteiger partial charge in [0.05, 0.1) is 10.6 Å². The summed E-state index contributed by atoms with van der Waals surface area (Å²) in [6, 6.07) is 23.7. The first kappa shape index (κ1) is 25.9. The van der Waals surface area contributed by atoms with Gasteiger partial charge < -0.3 is 4.74 Å². The Balaban J connectivity index is 1.49. The van der Waals surface area contributed by atoms with E-state index in [2.05, 4.69) is 13.8 Å². The van der Waals surface area contributed by atoms with Crippen LogP contribution in [0.4, 0.5) is 4.39 Å². The lowest BCUT2D eigenvalue weighted by Crippen LogP contribution is -2.31. The summed E-state index contributed by atoms with van der Waals surface area (Å²) in [5.41, 5.74) is 4.14. The molecule has 5 rings (SSSR count). The molecule has 1 aromatic heterocycles. The van der Waals surface area contributed by atoms with Crippen molar-refractivity contribution in [2.75, 3.05) is 6.54 Å². The SMILES string of the molecule is CC(C)CN1C(=O)/C(=C/c2cn(-c3ccccc3)nc2-c2cccc(OCc3ccc(F)cc3)c2)SC1=S. The first-order chi connectivity index (χ1) is 18.4. The van der Waals surface area contributed by atoms with E-state index >= 15 is 0 Å². The van der Waals surface area contributed by atoms with Gasteiger partial charge in [-0.3, -0.25) is 9.69 Å². The third kappa shape index (κ3) is 5.87. The molecule has 4 aromatic rings. The van der Waals surface area contributed by atoms with E-state index in [1.807, 2.05) is 71.6 Å². The smallest absolute Gasteiger partial charge is 0.266 e. The van der Waals surface area contributed by atoms with Gasteiger partial charge in [0.2, 0.25) is 0 Å². The predicted octanol–water partition coefficient (Wildman–Crippen LogP) is 7.11. The predicted molar refractivity (Wildman–Crippen MR) is 154 cm³/mol. The van der Waals surface area contributed by atoms with Gasteiger partial charge in [-0.25, -0.2) is 9.07 Å². The van der Waals surface area contributed by atoms with Crippen LogP contribution < -0.4 is 4.74 Å². The first-order valence-electron chi connectivity index (χ1n) is 12.3. The number of carbonyl (C=O) groups excluding carboxylic acids is 1. The van der Waals surface area contributed by atoms with Crippen LogP contribution in [0.1, 0.15) is 25.0 Å². The number of ether oxygens (including phenoxy) is 1. The van der Waals surface area contributed by atoms with Crippen LogP contribution in [0.2, 0.25) is 0 Å². The molecule has 38 heavy (non-hydrogen) atoms. The van der Waals surface area contributed by atoms with Gasteiger partial charge in [0.15, 0.2) is 0 Å². The number of halogens is 1. The van der Waals surface area contributed by atoms with E-state index in [0.717, 1.165) is 28.1 Å². The maximum atomic E-state index is 13.2. The van der Waals surface area contributed by atoms with Crippen LogP contribution in [-0.4, -0.2) is 31.5 Å². The van der Waals surface area contributed by atoms with Gasteiger partial charge in [-0.1, -0.05) is 80.3 Å². The summed E-state index contributed by atoms with van der Waals surface area (Å²) in [7, 11) is 0. The molecule has 5 nitrogen and oxygen atoms in total. The Morgan fingerprint density at radius 3 is 2.55 bits per heavy atom. The highest BCUT2D eigenvalue weighted by Gasteiger charge is 2.32. The zero-order valence-electron chi connectivity index (χ0n) is 21.0. The monoisotopic (exact) mass is 543 g/mol. The fraction of sp³-hybridized carbons (Fsp3) is 0.167. The van der Waals surface area contributed by atoms with Crippen LogP contribution >= 0.6 is 24.0 Å². The molecule has 192 valence electrons. The molecular weight excluding hydrogens is 517 g/mol. The van der Waals surface area contributed by atoms with E-state index in [1.165, 1.54) is 23.9 Å². The second-order valence-electron chi connectivity index (χ2n) is 9.34. The Kier molecular flexibility index (Phi) is 7.72. The van der Waals surface area contributed by atoms with Crippen LogP contribution in [0.25, 0.3) is 23.0 Å². The summed E-state index contributed by atoms with van der Waals surface area (Å²) in [6.07, 6.45) is 3.79. The van der Waals surface area contributed by atoms with E-state index < -0.39 is 0 Å². The van der Waals surface area contributed by atoms with E-state index in [1.54, 1.807) is 17.0 Å². The fourth-order valence-corrected chi connectivity index (χ4v) is 5.34. The Labute approximate surface area is 230 Å². The molecule has 0 spiro atoms. The molecule has 0 N–H and O–H groups in total. The highest BCUT2D eigenvalue weighted by Crippen LogP contribution is 2.36. The van der Waals surface area contributed by atoms with E-state index in [4.69, 9.17) is 22.1 Å².